The molecule has 1 aromatic heterocycles. The Labute approximate surface area is 181 Å². The number of piperazine rings is 1. The number of anilines is 1. The Morgan fingerprint density at radius 2 is 1.77 bits per heavy atom. The largest absolute Gasteiger partial charge is 0.451 e. The number of methoxy groups -OCH3 is 1. The van der Waals surface area contributed by atoms with E-state index in [2.05, 4.69) is 10.2 Å². The number of nitrogens with zero attached hydrogens (tertiary/aromatic N) is 2. The molecule has 2 aromatic carbocycles. The summed E-state index contributed by atoms with van der Waals surface area (Å²) in [7, 11) is 1.70. The molecule has 0 aliphatic carbocycles. The number of rotatable bonds is 6. The fourth-order valence-electron chi connectivity index (χ4n) is 3.69. The third kappa shape index (κ3) is 4.95. The van der Waals surface area contributed by atoms with E-state index < -0.39 is 0 Å². The average molecular weight is 421 g/mol. The zero-order valence-electron chi connectivity index (χ0n) is 17.9. The standard InChI is InChI=1S/C24H27N3O4/c1-17-3-5-18(6-4-17)23(28)25-20-7-8-21-19(15-20)16-22(31-21)24(29)27-11-9-26(10-12-27)13-14-30-2/h3-8,15-16H,9-14H2,1-2H3,(H,25,28). The minimum atomic E-state index is -0.175. The van der Waals surface area contributed by atoms with Crippen molar-refractivity contribution in [1.29, 1.82) is 0 Å². The predicted octanol–water partition coefficient (Wildman–Crippen LogP) is 3.40. The monoisotopic (exact) mass is 421 g/mol. The Bertz CT molecular complexity index is 1070. The number of benzene rings is 2. The molecule has 31 heavy (non-hydrogen) atoms. The van der Waals surface area contributed by atoms with Crippen molar-refractivity contribution in [3.8, 4) is 0 Å². The maximum atomic E-state index is 12.9. The molecule has 0 radical (unpaired) electrons. The molecule has 0 bridgehead atoms. The molecule has 7 heteroatoms. The molecule has 2 heterocycles. The first-order valence-corrected chi connectivity index (χ1v) is 10.5. The molecular formula is C24H27N3O4. The van der Waals surface area contributed by atoms with Gasteiger partial charge in [-0.05, 0) is 43.3 Å². The first-order valence-electron chi connectivity index (χ1n) is 10.5. The van der Waals surface area contributed by atoms with Gasteiger partial charge in [-0.1, -0.05) is 17.7 Å². The fraction of sp³-hybridized carbons (Fsp3) is 0.333. The predicted molar refractivity (Wildman–Crippen MR) is 120 cm³/mol. The van der Waals surface area contributed by atoms with Gasteiger partial charge in [0, 0.05) is 56.5 Å². The molecule has 1 fully saturated rings. The van der Waals surface area contributed by atoms with Crippen LogP contribution < -0.4 is 5.32 Å². The minimum Gasteiger partial charge on any atom is -0.451 e. The molecule has 0 spiro atoms. The molecule has 1 N–H and O–H groups in total. The lowest BCUT2D eigenvalue weighted by Gasteiger charge is -2.34. The zero-order chi connectivity index (χ0) is 21.8. The highest BCUT2D eigenvalue weighted by Gasteiger charge is 2.24. The van der Waals surface area contributed by atoms with E-state index in [9.17, 15) is 9.59 Å². The third-order valence-electron chi connectivity index (χ3n) is 5.57. The fourth-order valence-corrected chi connectivity index (χ4v) is 3.69. The number of aryl methyl sites for hydroxylation is 1. The van der Waals surface area contributed by atoms with Gasteiger partial charge in [-0.25, -0.2) is 0 Å². The Morgan fingerprint density at radius 3 is 2.48 bits per heavy atom. The minimum absolute atomic E-state index is 0.104. The number of hydrogen-bond acceptors (Lipinski definition) is 5. The van der Waals surface area contributed by atoms with Gasteiger partial charge in [0.1, 0.15) is 5.58 Å². The number of nitrogens with one attached hydrogen (secondary N) is 1. The summed E-state index contributed by atoms with van der Waals surface area (Å²) in [6.45, 7) is 6.53. The maximum absolute atomic E-state index is 12.9. The van der Waals surface area contributed by atoms with Crippen molar-refractivity contribution in [3.63, 3.8) is 0 Å². The topological polar surface area (TPSA) is 75.0 Å². The summed E-state index contributed by atoms with van der Waals surface area (Å²) < 4.78 is 10.9. The van der Waals surface area contributed by atoms with Crippen molar-refractivity contribution in [2.75, 3.05) is 51.8 Å². The van der Waals surface area contributed by atoms with E-state index in [1.54, 1.807) is 37.4 Å². The van der Waals surface area contributed by atoms with Crippen LogP contribution in [-0.4, -0.2) is 68.1 Å². The molecule has 2 amide bonds. The number of hydrogen-bond donors (Lipinski definition) is 1. The van der Waals surface area contributed by atoms with E-state index in [0.717, 1.165) is 30.6 Å². The third-order valence-corrected chi connectivity index (χ3v) is 5.57. The first kappa shape index (κ1) is 21.1. The van der Waals surface area contributed by atoms with Gasteiger partial charge in [-0.3, -0.25) is 14.5 Å². The highest BCUT2D eigenvalue weighted by molar-refractivity contribution is 6.05. The van der Waals surface area contributed by atoms with E-state index in [-0.39, 0.29) is 11.8 Å². The van der Waals surface area contributed by atoms with Gasteiger partial charge in [0.15, 0.2) is 5.76 Å². The van der Waals surface area contributed by atoms with Crippen LogP contribution in [0, 0.1) is 6.92 Å². The van der Waals surface area contributed by atoms with E-state index in [1.165, 1.54) is 0 Å². The summed E-state index contributed by atoms with van der Waals surface area (Å²) in [5, 5.41) is 3.68. The first-order chi connectivity index (χ1) is 15.0. The Morgan fingerprint density at radius 1 is 1.03 bits per heavy atom. The number of carbonyl (C=O) groups excluding carboxylic acids is 2. The van der Waals surface area contributed by atoms with Crippen LogP contribution in [0.15, 0.2) is 52.9 Å². The second kappa shape index (κ2) is 9.32. The smallest absolute Gasteiger partial charge is 0.289 e. The second-order valence-corrected chi connectivity index (χ2v) is 7.81. The number of amides is 2. The van der Waals surface area contributed by atoms with Crippen molar-refractivity contribution < 1.29 is 18.7 Å². The summed E-state index contributed by atoms with van der Waals surface area (Å²) in [4.78, 5) is 29.5. The van der Waals surface area contributed by atoms with E-state index >= 15 is 0 Å². The van der Waals surface area contributed by atoms with Crippen molar-refractivity contribution in [2.45, 2.75) is 6.92 Å². The van der Waals surface area contributed by atoms with E-state index in [1.807, 2.05) is 30.0 Å². The summed E-state index contributed by atoms with van der Waals surface area (Å²) in [6, 6.07) is 14.5. The summed E-state index contributed by atoms with van der Waals surface area (Å²) >= 11 is 0. The van der Waals surface area contributed by atoms with Crippen molar-refractivity contribution in [3.05, 3.63) is 65.4 Å². The lowest BCUT2D eigenvalue weighted by molar-refractivity contribution is 0.0568. The van der Waals surface area contributed by atoms with Crippen LogP contribution in [-0.2, 0) is 4.74 Å². The molecule has 162 valence electrons. The SMILES string of the molecule is COCCN1CCN(C(=O)c2cc3cc(NC(=O)c4ccc(C)cc4)ccc3o2)CC1. The molecular weight excluding hydrogens is 394 g/mol. The molecule has 0 atom stereocenters. The average Bonchev–Trinajstić information content (AvgIpc) is 3.21. The number of carbonyl (C=O) groups is 2. The molecule has 1 aliphatic heterocycles. The van der Waals surface area contributed by atoms with E-state index in [4.69, 9.17) is 9.15 Å². The van der Waals surface area contributed by atoms with Gasteiger partial charge >= 0.3 is 0 Å². The number of furan rings is 1. The lowest BCUT2D eigenvalue weighted by atomic mass is 10.1. The van der Waals surface area contributed by atoms with Crippen molar-refractivity contribution in [2.24, 2.45) is 0 Å². The van der Waals surface area contributed by atoms with Crippen LogP contribution in [0.25, 0.3) is 11.0 Å². The van der Waals surface area contributed by atoms with Crippen LogP contribution in [0.4, 0.5) is 5.69 Å². The van der Waals surface area contributed by atoms with Crippen LogP contribution >= 0.6 is 0 Å². The Kier molecular flexibility index (Phi) is 6.34. The van der Waals surface area contributed by atoms with Gasteiger partial charge in [-0.15, -0.1) is 0 Å². The van der Waals surface area contributed by atoms with Gasteiger partial charge in [0.05, 0.1) is 6.61 Å². The second-order valence-electron chi connectivity index (χ2n) is 7.81. The summed E-state index contributed by atoms with van der Waals surface area (Å²) in [5.74, 6) is 0.0423. The van der Waals surface area contributed by atoms with Gasteiger partial charge in [0.2, 0.25) is 0 Å². The highest BCUT2D eigenvalue weighted by Crippen LogP contribution is 2.25. The molecule has 0 unspecified atom stereocenters. The Hall–Kier alpha value is -3.16. The van der Waals surface area contributed by atoms with Crippen LogP contribution in [0.2, 0.25) is 0 Å². The zero-order valence-corrected chi connectivity index (χ0v) is 17.9. The summed E-state index contributed by atoms with van der Waals surface area (Å²) in [6.07, 6.45) is 0. The van der Waals surface area contributed by atoms with Crippen LogP contribution in [0.3, 0.4) is 0 Å². The summed E-state index contributed by atoms with van der Waals surface area (Å²) in [5.41, 5.74) is 2.98. The number of ether oxygens (including phenoxy) is 1. The molecule has 1 saturated heterocycles. The van der Waals surface area contributed by atoms with Gasteiger partial charge in [0.25, 0.3) is 11.8 Å². The maximum Gasteiger partial charge on any atom is 0.289 e. The molecule has 4 rings (SSSR count). The molecule has 0 saturated carbocycles. The van der Waals surface area contributed by atoms with Crippen molar-refractivity contribution >= 4 is 28.5 Å². The van der Waals surface area contributed by atoms with Crippen LogP contribution in [0.5, 0.6) is 0 Å². The molecule has 3 aromatic rings. The number of fused-ring (bicyclic) bond motifs is 1. The Balaban J connectivity index is 1.42. The van der Waals surface area contributed by atoms with E-state index in [0.29, 0.717) is 42.3 Å². The molecule has 1 aliphatic rings. The molecule has 7 nitrogen and oxygen atoms in total. The normalized spacial score (nSPS) is 14.7. The van der Waals surface area contributed by atoms with Crippen molar-refractivity contribution in [1.82, 2.24) is 9.80 Å². The van der Waals surface area contributed by atoms with Gasteiger partial charge in [-0.2, -0.15) is 0 Å². The van der Waals surface area contributed by atoms with Gasteiger partial charge < -0.3 is 19.4 Å². The van der Waals surface area contributed by atoms with Crippen LogP contribution in [0.1, 0.15) is 26.5 Å². The lowest BCUT2D eigenvalue weighted by Crippen LogP contribution is -2.49. The quantitative estimate of drug-likeness (QED) is 0.660. The highest BCUT2D eigenvalue weighted by atomic mass is 16.5.